The van der Waals surface area contributed by atoms with Crippen LogP contribution in [0.5, 0.6) is 0 Å². The highest BCUT2D eigenvalue weighted by Crippen LogP contribution is 2.38. The summed E-state index contributed by atoms with van der Waals surface area (Å²) in [5.41, 5.74) is 3.14. The van der Waals surface area contributed by atoms with Crippen LogP contribution in [0.3, 0.4) is 0 Å². The molecule has 26 heavy (non-hydrogen) atoms. The quantitative estimate of drug-likeness (QED) is 0.482. The maximum atomic E-state index is 4.51. The first-order valence-corrected chi connectivity index (χ1v) is 10.2. The number of hydrogen-bond acceptors (Lipinski definition) is 2. The Morgan fingerprint density at radius 2 is 1.19 bits per heavy atom. The third kappa shape index (κ3) is 3.87. The first-order valence-electron chi connectivity index (χ1n) is 8.64. The maximum absolute atomic E-state index is 4.51. The van der Waals surface area contributed by atoms with E-state index in [4.69, 9.17) is 0 Å². The average Bonchev–Trinajstić information content (AvgIpc) is 2.74. The van der Waals surface area contributed by atoms with Crippen LogP contribution in [0.15, 0.2) is 103 Å². The molecule has 0 amide bonds. The van der Waals surface area contributed by atoms with Crippen molar-refractivity contribution in [2.45, 2.75) is 6.16 Å². The third-order valence-electron chi connectivity index (χ3n) is 4.23. The molecule has 0 aliphatic rings. The van der Waals surface area contributed by atoms with E-state index in [9.17, 15) is 0 Å². The monoisotopic (exact) mass is 354 g/mol. The average molecular weight is 354 g/mol. The summed E-state index contributed by atoms with van der Waals surface area (Å²) in [5.74, 6) is 0. The number of hydrogen-bond donors (Lipinski definition) is 0. The Hall–Kier alpha value is -2.83. The molecule has 0 radical (unpaired) electrons. The zero-order valence-corrected chi connectivity index (χ0v) is 15.3. The van der Waals surface area contributed by atoms with Gasteiger partial charge < -0.3 is 0 Å². The van der Waals surface area contributed by atoms with Gasteiger partial charge in [0.2, 0.25) is 0 Å². The van der Waals surface area contributed by atoms with Gasteiger partial charge >= 0.3 is 0 Å². The third-order valence-corrected chi connectivity index (χ3v) is 6.75. The van der Waals surface area contributed by atoms with Gasteiger partial charge in [-0.15, -0.1) is 0 Å². The summed E-state index contributed by atoms with van der Waals surface area (Å²) in [6.07, 6.45) is 4.69. The van der Waals surface area contributed by atoms with Gasteiger partial charge in [-0.1, -0.05) is 66.7 Å². The second-order valence-corrected chi connectivity index (χ2v) is 8.23. The van der Waals surface area contributed by atoms with E-state index in [1.807, 2.05) is 30.6 Å². The smallest absolute Gasteiger partial charge is 0.0888 e. The van der Waals surface area contributed by atoms with Crippen molar-refractivity contribution in [3.8, 4) is 11.4 Å². The van der Waals surface area contributed by atoms with E-state index in [-0.39, 0.29) is 0 Å². The lowest BCUT2D eigenvalue weighted by Gasteiger charge is -2.19. The van der Waals surface area contributed by atoms with Gasteiger partial charge in [0.15, 0.2) is 0 Å². The van der Waals surface area contributed by atoms with Crippen LogP contribution in [0.2, 0.25) is 0 Å². The number of benzene rings is 2. The van der Waals surface area contributed by atoms with E-state index in [1.54, 1.807) is 0 Å². The van der Waals surface area contributed by atoms with Gasteiger partial charge in [0, 0.05) is 18.6 Å². The summed E-state index contributed by atoms with van der Waals surface area (Å²) < 4.78 is 0. The Morgan fingerprint density at radius 1 is 0.577 bits per heavy atom. The van der Waals surface area contributed by atoms with Crippen molar-refractivity contribution in [2.24, 2.45) is 0 Å². The molecule has 4 rings (SSSR count). The van der Waals surface area contributed by atoms with Crippen molar-refractivity contribution in [3.05, 3.63) is 109 Å². The highest BCUT2D eigenvalue weighted by atomic mass is 31.1. The molecule has 2 heterocycles. The Morgan fingerprint density at radius 3 is 1.81 bits per heavy atom. The Labute approximate surface area is 155 Å². The van der Waals surface area contributed by atoms with Gasteiger partial charge in [-0.2, -0.15) is 0 Å². The molecular formula is C23H19N2P. The molecule has 0 N–H and O–H groups in total. The summed E-state index contributed by atoms with van der Waals surface area (Å²) in [5, 5.41) is 2.79. The Bertz CT molecular complexity index is 917. The van der Waals surface area contributed by atoms with Crippen LogP contribution < -0.4 is 10.6 Å². The zero-order chi connectivity index (χ0) is 17.6. The minimum Gasteiger partial charge on any atom is -0.255 e. The molecule has 4 aromatic rings. The van der Waals surface area contributed by atoms with Gasteiger partial charge in [-0.25, -0.2) is 0 Å². The highest BCUT2D eigenvalue weighted by molar-refractivity contribution is 7.72. The molecule has 0 saturated heterocycles. The lowest BCUT2D eigenvalue weighted by Crippen LogP contribution is -2.13. The minimum atomic E-state index is -0.457. The van der Waals surface area contributed by atoms with Gasteiger partial charge in [-0.05, 0) is 48.4 Å². The van der Waals surface area contributed by atoms with Crippen LogP contribution in [0.4, 0.5) is 0 Å². The molecule has 3 heteroatoms. The van der Waals surface area contributed by atoms with Gasteiger partial charge in [0.05, 0.1) is 11.4 Å². The molecule has 0 bridgehead atoms. The summed E-state index contributed by atoms with van der Waals surface area (Å²) in [7, 11) is -0.457. The van der Waals surface area contributed by atoms with Crippen LogP contribution in [-0.2, 0) is 6.16 Å². The fourth-order valence-corrected chi connectivity index (χ4v) is 5.25. The molecule has 0 fully saturated rings. The van der Waals surface area contributed by atoms with Crippen LogP contribution in [0.1, 0.15) is 5.56 Å². The second-order valence-electron chi connectivity index (χ2n) is 6.02. The molecule has 0 aliphatic heterocycles. The summed E-state index contributed by atoms with van der Waals surface area (Å²) in [6.45, 7) is 0. The highest BCUT2D eigenvalue weighted by Gasteiger charge is 2.14. The largest absolute Gasteiger partial charge is 0.255 e. The van der Waals surface area contributed by atoms with Crippen molar-refractivity contribution < 1.29 is 0 Å². The van der Waals surface area contributed by atoms with Gasteiger partial charge in [0.1, 0.15) is 0 Å². The van der Waals surface area contributed by atoms with E-state index in [1.165, 1.54) is 16.2 Å². The molecule has 0 saturated carbocycles. The van der Waals surface area contributed by atoms with Crippen molar-refractivity contribution in [1.82, 2.24) is 9.97 Å². The van der Waals surface area contributed by atoms with Gasteiger partial charge in [-0.3, -0.25) is 9.97 Å². The Balaban J connectivity index is 1.69. The summed E-state index contributed by atoms with van der Waals surface area (Å²) in [6, 6.07) is 31.8. The summed E-state index contributed by atoms with van der Waals surface area (Å²) >= 11 is 0. The van der Waals surface area contributed by atoms with E-state index >= 15 is 0 Å². The van der Waals surface area contributed by atoms with E-state index in [0.29, 0.717) is 0 Å². The Kier molecular flexibility index (Phi) is 5.14. The summed E-state index contributed by atoms with van der Waals surface area (Å²) in [4.78, 5) is 8.94. The number of rotatable bonds is 5. The lowest BCUT2D eigenvalue weighted by atomic mass is 10.2. The van der Waals surface area contributed by atoms with E-state index < -0.39 is 7.92 Å². The lowest BCUT2D eigenvalue weighted by molar-refractivity contribution is 1.22. The zero-order valence-electron chi connectivity index (χ0n) is 14.4. The van der Waals surface area contributed by atoms with Crippen LogP contribution in [0.25, 0.3) is 11.4 Å². The normalized spacial score (nSPS) is 10.8. The number of pyridine rings is 2. The van der Waals surface area contributed by atoms with E-state index in [0.717, 1.165) is 17.5 Å². The maximum Gasteiger partial charge on any atom is 0.0888 e. The molecule has 126 valence electrons. The standard InChI is InChI=1S/C23H19N2P/c1-3-9-20(10-4-1)26(21-11-5-2-6-12-21)18-19-14-16-25-23(17-19)22-13-7-8-15-24-22/h1-17H,18H2. The van der Waals surface area contributed by atoms with Crippen molar-refractivity contribution in [3.63, 3.8) is 0 Å². The predicted molar refractivity (Wildman–Crippen MR) is 110 cm³/mol. The predicted octanol–water partition coefficient (Wildman–Crippen LogP) is 4.78. The minimum absolute atomic E-state index is 0.457. The molecule has 2 aromatic carbocycles. The van der Waals surface area contributed by atoms with Crippen molar-refractivity contribution >= 4 is 18.5 Å². The van der Waals surface area contributed by atoms with Crippen LogP contribution in [0, 0.1) is 0 Å². The number of aromatic nitrogens is 2. The fourth-order valence-electron chi connectivity index (χ4n) is 2.96. The molecule has 2 aromatic heterocycles. The second kappa shape index (κ2) is 8.03. The molecular weight excluding hydrogens is 335 g/mol. The van der Waals surface area contributed by atoms with Crippen LogP contribution in [-0.4, -0.2) is 9.97 Å². The molecule has 0 unspecified atom stereocenters. The number of nitrogens with zero attached hydrogens (tertiary/aromatic N) is 2. The molecule has 0 atom stereocenters. The molecule has 2 nitrogen and oxygen atoms in total. The fraction of sp³-hybridized carbons (Fsp3) is 0.0435. The van der Waals surface area contributed by atoms with Gasteiger partial charge in [0.25, 0.3) is 0 Å². The molecule has 0 aliphatic carbocycles. The first kappa shape index (κ1) is 16.6. The SMILES string of the molecule is c1ccc(P(Cc2ccnc(-c3ccccn3)c2)c2ccccc2)cc1. The topological polar surface area (TPSA) is 25.8 Å². The van der Waals surface area contributed by atoms with Crippen LogP contribution >= 0.6 is 7.92 Å². The first-order chi connectivity index (χ1) is 12.9. The van der Waals surface area contributed by atoms with E-state index in [2.05, 4.69) is 82.8 Å². The van der Waals surface area contributed by atoms with Crippen molar-refractivity contribution in [1.29, 1.82) is 0 Å². The molecule has 0 spiro atoms. The van der Waals surface area contributed by atoms with Crippen molar-refractivity contribution in [2.75, 3.05) is 0 Å².